The minimum atomic E-state index is 0.263. The highest BCUT2D eigenvalue weighted by Gasteiger charge is 2.03. The molecule has 0 fully saturated rings. The SMILES string of the molecule is COCOc1cccc(-c2ccccc2/C=C/I)c1. The molecular formula is C16H15IO2. The van der Waals surface area contributed by atoms with Crippen molar-refractivity contribution in [2.45, 2.75) is 0 Å². The number of benzene rings is 2. The van der Waals surface area contributed by atoms with Crippen LogP contribution in [-0.2, 0) is 4.74 Å². The molecule has 0 spiro atoms. The quantitative estimate of drug-likeness (QED) is 0.562. The number of rotatable bonds is 5. The summed E-state index contributed by atoms with van der Waals surface area (Å²) < 4.78 is 12.4. The van der Waals surface area contributed by atoms with Crippen molar-refractivity contribution in [1.29, 1.82) is 0 Å². The van der Waals surface area contributed by atoms with Crippen molar-refractivity contribution in [3.63, 3.8) is 0 Å². The van der Waals surface area contributed by atoms with Crippen molar-refractivity contribution in [2.75, 3.05) is 13.9 Å². The summed E-state index contributed by atoms with van der Waals surface area (Å²) in [6.07, 6.45) is 2.10. The van der Waals surface area contributed by atoms with E-state index < -0.39 is 0 Å². The Hall–Kier alpha value is -1.33. The van der Waals surface area contributed by atoms with Crippen molar-refractivity contribution in [2.24, 2.45) is 0 Å². The molecule has 0 N–H and O–H groups in total. The first kappa shape index (κ1) is 14.1. The lowest BCUT2D eigenvalue weighted by atomic mass is 10.00. The van der Waals surface area contributed by atoms with Crippen molar-refractivity contribution < 1.29 is 9.47 Å². The number of hydrogen-bond donors (Lipinski definition) is 0. The molecule has 0 aliphatic heterocycles. The highest BCUT2D eigenvalue weighted by molar-refractivity contribution is 14.1. The fourth-order valence-corrected chi connectivity index (χ4v) is 2.24. The van der Waals surface area contributed by atoms with Crippen LogP contribution in [0.2, 0.25) is 0 Å². The molecule has 2 aromatic rings. The van der Waals surface area contributed by atoms with Crippen LogP contribution in [0.15, 0.2) is 52.6 Å². The van der Waals surface area contributed by atoms with Gasteiger partial charge >= 0.3 is 0 Å². The zero-order chi connectivity index (χ0) is 13.5. The molecule has 2 rings (SSSR count). The average Bonchev–Trinajstić information content (AvgIpc) is 2.46. The first-order valence-corrected chi connectivity index (χ1v) is 7.17. The zero-order valence-electron chi connectivity index (χ0n) is 10.7. The van der Waals surface area contributed by atoms with E-state index in [4.69, 9.17) is 9.47 Å². The van der Waals surface area contributed by atoms with Gasteiger partial charge in [0.2, 0.25) is 0 Å². The number of methoxy groups -OCH3 is 1. The highest BCUT2D eigenvalue weighted by atomic mass is 127. The molecule has 0 atom stereocenters. The summed E-state index contributed by atoms with van der Waals surface area (Å²) in [7, 11) is 1.62. The van der Waals surface area contributed by atoms with Crippen LogP contribution >= 0.6 is 22.6 Å². The lowest BCUT2D eigenvalue weighted by Gasteiger charge is -2.09. The van der Waals surface area contributed by atoms with Gasteiger partial charge in [0.25, 0.3) is 0 Å². The molecule has 3 heteroatoms. The predicted octanol–water partition coefficient (Wildman–Crippen LogP) is 4.74. The maximum atomic E-state index is 5.48. The monoisotopic (exact) mass is 366 g/mol. The van der Waals surface area contributed by atoms with Gasteiger partial charge in [-0.1, -0.05) is 59.0 Å². The van der Waals surface area contributed by atoms with Crippen LogP contribution in [0.3, 0.4) is 0 Å². The van der Waals surface area contributed by atoms with Gasteiger partial charge in [-0.3, -0.25) is 0 Å². The van der Waals surface area contributed by atoms with E-state index in [1.54, 1.807) is 7.11 Å². The van der Waals surface area contributed by atoms with E-state index in [0.717, 1.165) is 11.3 Å². The Morgan fingerprint density at radius 3 is 2.74 bits per heavy atom. The van der Waals surface area contributed by atoms with E-state index in [2.05, 4.69) is 46.9 Å². The molecule has 0 saturated carbocycles. The lowest BCUT2D eigenvalue weighted by molar-refractivity contribution is 0.0511. The second-order valence-corrected chi connectivity index (χ2v) is 4.68. The lowest BCUT2D eigenvalue weighted by Crippen LogP contribution is -1.98. The molecule has 2 nitrogen and oxygen atoms in total. The molecule has 2 aromatic carbocycles. The van der Waals surface area contributed by atoms with Gasteiger partial charge in [-0.05, 0) is 39.0 Å². The van der Waals surface area contributed by atoms with Crippen molar-refractivity contribution in [3.05, 3.63) is 58.2 Å². The molecule has 98 valence electrons. The highest BCUT2D eigenvalue weighted by Crippen LogP contribution is 2.28. The molecule has 0 radical (unpaired) electrons. The average molecular weight is 366 g/mol. The van der Waals surface area contributed by atoms with Gasteiger partial charge in [0, 0.05) is 7.11 Å². The second-order valence-electron chi connectivity index (χ2n) is 3.96. The Kier molecular flexibility index (Phi) is 5.42. The molecular weight excluding hydrogens is 351 g/mol. The maximum Gasteiger partial charge on any atom is 0.188 e. The Labute approximate surface area is 127 Å². The van der Waals surface area contributed by atoms with Gasteiger partial charge in [-0.15, -0.1) is 0 Å². The number of hydrogen-bond acceptors (Lipinski definition) is 2. The van der Waals surface area contributed by atoms with Crippen LogP contribution in [0, 0.1) is 0 Å². The topological polar surface area (TPSA) is 18.5 Å². The summed E-state index contributed by atoms with van der Waals surface area (Å²) >= 11 is 2.23. The van der Waals surface area contributed by atoms with Crippen LogP contribution in [-0.4, -0.2) is 13.9 Å². The summed E-state index contributed by atoms with van der Waals surface area (Å²) in [5.41, 5.74) is 3.53. The van der Waals surface area contributed by atoms with Gasteiger partial charge in [0.15, 0.2) is 6.79 Å². The van der Waals surface area contributed by atoms with Gasteiger partial charge in [0.1, 0.15) is 5.75 Å². The predicted molar refractivity (Wildman–Crippen MR) is 87.4 cm³/mol. The molecule has 0 aromatic heterocycles. The Morgan fingerprint density at radius 2 is 1.95 bits per heavy atom. The summed E-state index contributed by atoms with van der Waals surface area (Å²) in [6.45, 7) is 0.263. The smallest absolute Gasteiger partial charge is 0.188 e. The van der Waals surface area contributed by atoms with Crippen LogP contribution < -0.4 is 4.74 Å². The van der Waals surface area contributed by atoms with Crippen LogP contribution in [0.4, 0.5) is 0 Å². The van der Waals surface area contributed by atoms with Crippen LogP contribution in [0.5, 0.6) is 5.75 Å². The van der Waals surface area contributed by atoms with E-state index in [1.807, 2.05) is 34.4 Å². The summed E-state index contributed by atoms with van der Waals surface area (Å²) in [4.78, 5) is 0. The summed E-state index contributed by atoms with van der Waals surface area (Å²) in [6, 6.07) is 16.3. The molecule has 0 saturated heterocycles. The molecule has 0 bridgehead atoms. The van der Waals surface area contributed by atoms with E-state index in [-0.39, 0.29) is 6.79 Å². The van der Waals surface area contributed by atoms with E-state index in [9.17, 15) is 0 Å². The van der Waals surface area contributed by atoms with Crippen LogP contribution in [0.1, 0.15) is 5.56 Å². The second kappa shape index (κ2) is 7.31. The molecule has 19 heavy (non-hydrogen) atoms. The van der Waals surface area contributed by atoms with Gasteiger partial charge < -0.3 is 9.47 Å². The van der Waals surface area contributed by atoms with E-state index >= 15 is 0 Å². The fraction of sp³-hybridized carbons (Fsp3) is 0.125. The molecule has 0 amide bonds. The van der Waals surface area contributed by atoms with Gasteiger partial charge in [0.05, 0.1) is 0 Å². The minimum Gasteiger partial charge on any atom is -0.468 e. The van der Waals surface area contributed by atoms with E-state index in [1.165, 1.54) is 11.1 Å². The van der Waals surface area contributed by atoms with Crippen molar-refractivity contribution in [3.8, 4) is 16.9 Å². The summed E-state index contributed by atoms with van der Waals surface area (Å²) in [5.74, 6) is 0.813. The zero-order valence-corrected chi connectivity index (χ0v) is 12.8. The molecule has 0 aliphatic carbocycles. The van der Waals surface area contributed by atoms with E-state index in [0.29, 0.717) is 0 Å². The number of ether oxygens (including phenoxy) is 2. The van der Waals surface area contributed by atoms with Crippen LogP contribution in [0.25, 0.3) is 17.2 Å². The first-order valence-electron chi connectivity index (χ1n) is 5.93. The Bertz CT molecular complexity index is 564. The first-order chi connectivity index (χ1) is 9.35. The third-order valence-corrected chi connectivity index (χ3v) is 3.05. The largest absolute Gasteiger partial charge is 0.468 e. The minimum absolute atomic E-state index is 0.263. The molecule has 0 unspecified atom stereocenters. The van der Waals surface area contributed by atoms with Crippen molar-refractivity contribution >= 4 is 28.7 Å². The van der Waals surface area contributed by atoms with Gasteiger partial charge in [-0.25, -0.2) is 0 Å². The normalized spacial score (nSPS) is 10.8. The third-order valence-electron chi connectivity index (χ3n) is 2.69. The summed E-state index contributed by atoms with van der Waals surface area (Å²) in [5, 5.41) is 0. The third kappa shape index (κ3) is 3.81. The maximum absolute atomic E-state index is 5.48. The Balaban J connectivity index is 2.36. The van der Waals surface area contributed by atoms with Crippen molar-refractivity contribution in [1.82, 2.24) is 0 Å². The molecule has 0 heterocycles. The standard InChI is InChI=1S/C16H15IO2/c1-18-12-19-15-7-4-6-14(11-15)16-8-3-2-5-13(16)9-10-17/h2-11H,12H2,1H3/b10-9+. The fourth-order valence-electron chi connectivity index (χ4n) is 1.85. The number of halogens is 1. The molecule has 0 aliphatic rings. The van der Waals surface area contributed by atoms with Gasteiger partial charge in [-0.2, -0.15) is 0 Å². The Morgan fingerprint density at radius 1 is 1.11 bits per heavy atom.